The first-order chi connectivity index (χ1) is 8.97. The smallest absolute Gasteiger partial charge is 0.123 e. The van der Waals surface area contributed by atoms with Gasteiger partial charge in [0.1, 0.15) is 5.76 Å². The largest absolute Gasteiger partial charge is 0.414 e. The topological polar surface area (TPSA) is 74.6 Å². The second kappa shape index (κ2) is 9.80. The molecule has 0 aromatic carbocycles. The van der Waals surface area contributed by atoms with Crippen LogP contribution in [0.25, 0.3) is 0 Å². The van der Waals surface area contributed by atoms with Crippen molar-refractivity contribution in [2.45, 2.75) is 20.0 Å². The number of allylic oxidation sites excluding steroid dienone is 2. The highest BCUT2D eigenvalue weighted by Gasteiger charge is 2.15. The summed E-state index contributed by atoms with van der Waals surface area (Å²) in [4.78, 5) is 7.36. The summed E-state index contributed by atoms with van der Waals surface area (Å²) in [5, 5.41) is 6.41. The Hall–Kier alpha value is -1.08. The molecule has 0 amide bonds. The highest BCUT2D eigenvalue weighted by molar-refractivity contribution is 5.26. The van der Waals surface area contributed by atoms with E-state index in [2.05, 4.69) is 28.1 Å². The molecule has 0 saturated carbocycles. The van der Waals surface area contributed by atoms with E-state index >= 15 is 0 Å². The summed E-state index contributed by atoms with van der Waals surface area (Å²) in [5.41, 5.74) is 10.5. The summed E-state index contributed by atoms with van der Waals surface area (Å²) >= 11 is 0. The van der Waals surface area contributed by atoms with Crippen LogP contribution in [0.2, 0.25) is 0 Å². The monoisotopic (exact) mass is 271 g/mol. The highest BCUT2D eigenvalue weighted by atomic mass is 16.6. The zero-order chi connectivity index (χ0) is 14.8. The Bertz CT molecular complexity index is 314. The normalized spacial score (nSPS) is 15.4. The van der Waals surface area contributed by atoms with E-state index in [4.69, 9.17) is 10.6 Å². The third-order valence-electron chi connectivity index (χ3n) is 2.92. The number of hydrogen-bond acceptors (Lipinski definition) is 6. The summed E-state index contributed by atoms with van der Waals surface area (Å²) in [6.45, 7) is 5.74. The van der Waals surface area contributed by atoms with Gasteiger partial charge in [0, 0.05) is 31.9 Å². The van der Waals surface area contributed by atoms with Crippen LogP contribution in [0.3, 0.4) is 0 Å². The van der Waals surface area contributed by atoms with Gasteiger partial charge in [-0.15, -0.1) is 0 Å². The molecule has 0 aliphatic rings. The Labute approximate surface area is 117 Å². The molecule has 0 aromatic heterocycles. The lowest BCUT2D eigenvalue weighted by atomic mass is 10.1. The number of hydrogen-bond donors (Lipinski definition) is 4. The lowest BCUT2D eigenvalue weighted by Crippen LogP contribution is -2.45. The molecule has 0 saturated heterocycles. The molecule has 0 aromatic rings. The van der Waals surface area contributed by atoms with Crippen molar-refractivity contribution in [2.24, 2.45) is 5.73 Å². The van der Waals surface area contributed by atoms with Gasteiger partial charge in [0.05, 0.1) is 6.17 Å². The van der Waals surface area contributed by atoms with Crippen LogP contribution in [0.5, 0.6) is 0 Å². The maximum atomic E-state index is 6.10. The van der Waals surface area contributed by atoms with Gasteiger partial charge in [0.2, 0.25) is 0 Å². The van der Waals surface area contributed by atoms with Crippen molar-refractivity contribution in [1.82, 2.24) is 21.0 Å². The lowest BCUT2D eigenvalue weighted by Gasteiger charge is -2.29. The van der Waals surface area contributed by atoms with Gasteiger partial charge in [-0.25, -0.2) is 0 Å². The van der Waals surface area contributed by atoms with Gasteiger partial charge in [-0.2, -0.15) is 5.48 Å². The van der Waals surface area contributed by atoms with Crippen molar-refractivity contribution in [3.8, 4) is 0 Å². The van der Waals surface area contributed by atoms with Crippen LogP contribution in [-0.2, 0) is 4.84 Å². The molecule has 0 radical (unpaired) electrons. The molecular formula is C13H29N5O. The van der Waals surface area contributed by atoms with Gasteiger partial charge in [-0.1, -0.05) is 0 Å². The Morgan fingerprint density at radius 1 is 1.32 bits per heavy atom. The molecule has 112 valence electrons. The fourth-order valence-corrected chi connectivity index (χ4v) is 1.87. The second-order valence-electron chi connectivity index (χ2n) is 4.47. The third-order valence-corrected chi connectivity index (χ3v) is 2.92. The molecule has 1 atom stereocenters. The fourth-order valence-electron chi connectivity index (χ4n) is 1.87. The van der Waals surface area contributed by atoms with Crippen molar-refractivity contribution >= 4 is 0 Å². The number of rotatable bonds is 9. The van der Waals surface area contributed by atoms with Gasteiger partial charge in [-0.3, -0.25) is 4.90 Å². The minimum absolute atomic E-state index is 0.104. The van der Waals surface area contributed by atoms with E-state index in [1.54, 1.807) is 7.05 Å². The maximum Gasteiger partial charge on any atom is 0.123 e. The molecule has 0 rings (SSSR count). The molecule has 6 heteroatoms. The lowest BCUT2D eigenvalue weighted by molar-refractivity contribution is 0.128. The van der Waals surface area contributed by atoms with Crippen LogP contribution >= 0.6 is 0 Å². The molecule has 0 fully saturated rings. The molecular weight excluding hydrogens is 242 g/mol. The van der Waals surface area contributed by atoms with Crippen LogP contribution in [-0.4, -0.2) is 52.3 Å². The van der Waals surface area contributed by atoms with E-state index in [1.807, 2.05) is 34.0 Å². The molecule has 0 bridgehead atoms. The number of nitrogens with two attached hydrogens (primary N) is 1. The summed E-state index contributed by atoms with van der Waals surface area (Å²) in [5.74, 6) is 0.729. The molecule has 0 heterocycles. The SMILES string of the molecule is CNCCN(C)C(NC)/C(C)=C(N)/C=C(\C)ONC. The average molecular weight is 271 g/mol. The Morgan fingerprint density at radius 2 is 1.95 bits per heavy atom. The van der Waals surface area contributed by atoms with Crippen molar-refractivity contribution in [3.05, 3.63) is 23.1 Å². The molecule has 19 heavy (non-hydrogen) atoms. The van der Waals surface area contributed by atoms with Crippen molar-refractivity contribution < 1.29 is 4.84 Å². The van der Waals surface area contributed by atoms with E-state index in [0.29, 0.717) is 5.70 Å². The second-order valence-corrected chi connectivity index (χ2v) is 4.47. The third kappa shape index (κ3) is 6.58. The van der Waals surface area contributed by atoms with Gasteiger partial charge in [-0.05, 0) is 40.6 Å². The van der Waals surface area contributed by atoms with Crippen molar-refractivity contribution in [1.29, 1.82) is 0 Å². The van der Waals surface area contributed by atoms with Crippen molar-refractivity contribution in [2.75, 3.05) is 41.3 Å². The molecule has 5 N–H and O–H groups in total. The minimum Gasteiger partial charge on any atom is -0.414 e. The maximum absolute atomic E-state index is 6.10. The highest BCUT2D eigenvalue weighted by Crippen LogP contribution is 2.10. The Balaban J connectivity index is 4.88. The fraction of sp³-hybridized carbons (Fsp3) is 0.692. The quantitative estimate of drug-likeness (QED) is 0.204. The van der Waals surface area contributed by atoms with Crippen LogP contribution in [0, 0.1) is 0 Å². The van der Waals surface area contributed by atoms with E-state index < -0.39 is 0 Å². The molecule has 6 nitrogen and oxygen atoms in total. The standard InChI is InChI=1S/C13H29N5O/c1-10(19-17-5)9-12(14)11(2)13(16-4)18(6)8-7-15-3/h9,13,15-17H,7-8,14H2,1-6H3/b10-9+,12-11-. The van der Waals surface area contributed by atoms with Crippen LogP contribution in [0.1, 0.15) is 13.8 Å². The Morgan fingerprint density at radius 3 is 2.42 bits per heavy atom. The molecule has 0 aliphatic carbocycles. The first-order valence-corrected chi connectivity index (χ1v) is 6.48. The van der Waals surface area contributed by atoms with Crippen LogP contribution < -0.4 is 21.8 Å². The first kappa shape index (κ1) is 17.9. The zero-order valence-electron chi connectivity index (χ0n) is 13.0. The van der Waals surface area contributed by atoms with E-state index in [0.717, 1.165) is 24.4 Å². The van der Waals surface area contributed by atoms with Crippen LogP contribution in [0.4, 0.5) is 0 Å². The summed E-state index contributed by atoms with van der Waals surface area (Å²) in [6.07, 6.45) is 1.93. The molecule has 0 spiro atoms. The number of likely N-dealkylation sites (N-methyl/N-ethyl adjacent to an activating group) is 3. The number of nitrogens with one attached hydrogen (secondary N) is 3. The predicted octanol–water partition coefficient (Wildman–Crippen LogP) is -0.0294. The summed E-state index contributed by atoms with van der Waals surface area (Å²) < 4.78 is 0. The van der Waals surface area contributed by atoms with Crippen LogP contribution in [0.15, 0.2) is 23.1 Å². The molecule has 0 aliphatic heterocycles. The van der Waals surface area contributed by atoms with Gasteiger partial charge in [0.25, 0.3) is 0 Å². The first-order valence-electron chi connectivity index (χ1n) is 6.48. The number of nitrogens with zero attached hydrogens (tertiary/aromatic N) is 1. The van der Waals surface area contributed by atoms with E-state index in [-0.39, 0.29) is 6.17 Å². The average Bonchev–Trinajstić information content (AvgIpc) is 2.37. The summed E-state index contributed by atoms with van der Waals surface area (Å²) in [7, 11) is 7.65. The molecule has 1 unspecified atom stereocenters. The van der Waals surface area contributed by atoms with Gasteiger partial charge in [0.15, 0.2) is 0 Å². The summed E-state index contributed by atoms with van der Waals surface area (Å²) in [6, 6.07) is 0. The van der Waals surface area contributed by atoms with E-state index in [1.165, 1.54) is 0 Å². The van der Waals surface area contributed by atoms with E-state index in [9.17, 15) is 0 Å². The predicted molar refractivity (Wildman–Crippen MR) is 80.2 cm³/mol. The minimum atomic E-state index is 0.104. The van der Waals surface area contributed by atoms with Gasteiger partial charge < -0.3 is 21.2 Å². The Kier molecular flexibility index (Phi) is 9.24. The zero-order valence-corrected chi connectivity index (χ0v) is 13.0. The van der Waals surface area contributed by atoms with Gasteiger partial charge >= 0.3 is 0 Å². The van der Waals surface area contributed by atoms with Crippen molar-refractivity contribution in [3.63, 3.8) is 0 Å². The number of hydroxylamine groups is 1.